The Balaban J connectivity index is 2.02. The van der Waals surface area contributed by atoms with E-state index >= 15 is 0 Å². The molecule has 5 heteroatoms. The SMILES string of the molecule is ClC(Cl)=CCOc1ccc2c(c1)C2(Cl)Cl. The third-order valence-electron chi connectivity index (χ3n) is 2.09. The second-order valence-electron chi connectivity index (χ2n) is 3.09. The molecule has 80 valence electrons. The van der Waals surface area contributed by atoms with E-state index in [0.29, 0.717) is 12.4 Å². The van der Waals surface area contributed by atoms with Gasteiger partial charge in [0.05, 0.1) is 0 Å². The van der Waals surface area contributed by atoms with E-state index in [1.807, 2.05) is 12.1 Å². The van der Waals surface area contributed by atoms with Crippen LogP contribution in [0.2, 0.25) is 0 Å². The van der Waals surface area contributed by atoms with Gasteiger partial charge in [-0.1, -0.05) is 52.5 Å². The number of hydrogen-bond acceptors (Lipinski definition) is 1. The Morgan fingerprint density at radius 3 is 2.60 bits per heavy atom. The fourth-order valence-electron chi connectivity index (χ4n) is 1.28. The van der Waals surface area contributed by atoms with Crippen molar-refractivity contribution in [2.24, 2.45) is 0 Å². The molecule has 1 aromatic rings. The lowest BCUT2D eigenvalue weighted by Crippen LogP contribution is -1.92. The number of hydrogen-bond donors (Lipinski definition) is 0. The molecule has 0 fully saturated rings. The summed E-state index contributed by atoms with van der Waals surface area (Å²) >= 11 is 22.8. The van der Waals surface area contributed by atoms with Gasteiger partial charge in [-0.3, -0.25) is 0 Å². The highest BCUT2D eigenvalue weighted by Gasteiger charge is 2.47. The lowest BCUT2D eigenvalue weighted by Gasteiger charge is -2.00. The molecule has 0 heterocycles. The van der Waals surface area contributed by atoms with Crippen LogP contribution in [0.3, 0.4) is 0 Å². The molecule has 1 aromatic carbocycles. The Morgan fingerprint density at radius 1 is 1.27 bits per heavy atom. The standard InChI is InChI=1S/C10H6Cl4O/c11-9(12)3-4-15-6-1-2-7-8(5-6)10(7,13)14/h1-3,5H,4H2. The minimum Gasteiger partial charge on any atom is -0.489 e. The number of fused-ring (bicyclic) bond motifs is 1. The molecule has 1 aliphatic rings. The van der Waals surface area contributed by atoms with Crippen molar-refractivity contribution in [3.63, 3.8) is 0 Å². The molecule has 0 radical (unpaired) electrons. The average molecular weight is 284 g/mol. The van der Waals surface area contributed by atoms with Crippen molar-refractivity contribution < 1.29 is 4.74 Å². The second-order valence-corrected chi connectivity index (χ2v) is 5.42. The molecule has 15 heavy (non-hydrogen) atoms. The van der Waals surface area contributed by atoms with Crippen LogP contribution in [-0.2, 0) is 4.33 Å². The van der Waals surface area contributed by atoms with Crippen LogP contribution < -0.4 is 4.74 Å². The summed E-state index contributed by atoms with van der Waals surface area (Å²) in [5, 5.41) is 0. The van der Waals surface area contributed by atoms with E-state index in [-0.39, 0.29) is 4.49 Å². The quantitative estimate of drug-likeness (QED) is 0.748. The van der Waals surface area contributed by atoms with Crippen molar-refractivity contribution in [2.75, 3.05) is 6.61 Å². The summed E-state index contributed by atoms with van der Waals surface area (Å²) in [6, 6.07) is 5.46. The maximum Gasteiger partial charge on any atom is 0.169 e. The van der Waals surface area contributed by atoms with Crippen LogP contribution in [0.5, 0.6) is 5.75 Å². The first-order valence-electron chi connectivity index (χ1n) is 4.18. The summed E-state index contributed by atoms with van der Waals surface area (Å²) in [4.78, 5) is 0. The third-order valence-corrected chi connectivity index (χ3v) is 3.22. The first-order valence-corrected chi connectivity index (χ1v) is 5.70. The van der Waals surface area contributed by atoms with Gasteiger partial charge in [-0.2, -0.15) is 0 Å². The van der Waals surface area contributed by atoms with Gasteiger partial charge in [-0.15, -0.1) is 0 Å². The normalized spacial score (nSPS) is 15.5. The summed E-state index contributed by atoms with van der Waals surface area (Å²) in [6.45, 7) is 0.318. The highest BCUT2D eigenvalue weighted by molar-refractivity contribution is 6.55. The van der Waals surface area contributed by atoms with Crippen molar-refractivity contribution >= 4 is 46.4 Å². The van der Waals surface area contributed by atoms with Gasteiger partial charge in [0, 0.05) is 5.56 Å². The van der Waals surface area contributed by atoms with E-state index in [4.69, 9.17) is 51.1 Å². The van der Waals surface area contributed by atoms with Crippen LogP contribution in [0, 0.1) is 0 Å². The molecule has 2 rings (SSSR count). The third kappa shape index (κ3) is 2.36. The first kappa shape index (κ1) is 11.4. The van der Waals surface area contributed by atoms with Crippen LogP contribution in [0.1, 0.15) is 11.1 Å². The molecule has 0 N–H and O–H groups in total. The van der Waals surface area contributed by atoms with Crippen LogP contribution in [0.25, 0.3) is 0 Å². The zero-order valence-electron chi connectivity index (χ0n) is 7.44. The van der Waals surface area contributed by atoms with Gasteiger partial charge >= 0.3 is 0 Å². The Bertz CT molecular complexity index is 421. The lowest BCUT2D eigenvalue weighted by atomic mass is 10.3. The molecule has 0 spiro atoms. The summed E-state index contributed by atoms with van der Waals surface area (Å²) < 4.78 is 4.73. The predicted molar refractivity (Wildman–Crippen MR) is 64.2 cm³/mol. The maximum atomic E-state index is 5.95. The number of rotatable bonds is 3. The van der Waals surface area contributed by atoms with Gasteiger partial charge in [0.1, 0.15) is 16.8 Å². The van der Waals surface area contributed by atoms with Crippen molar-refractivity contribution in [1.29, 1.82) is 0 Å². The lowest BCUT2D eigenvalue weighted by molar-refractivity contribution is 0.363. The van der Waals surface area contributed by atoms with Crippen molar-refractivity contribution in [3.05, 3.63) is 39.9 Å². The van der Waals surface area contributed by atoms with Crippen molar-refractivity contribution in [3.8, 4) is 5.75 Å². The summed E-state index contributed by atoms with van der Waals surface area (Å²) in [5.41, 5.74) is 1.83. The number of ether oxygens (including phenoxy) is 1. The molecular formula is C10H6Cl4O. The highest BCUT2D eigenvalue weighted by atomic mass is 35.5. The summed E-state index contributed by atoms with van der Waals surface area (Å²) in [7, 11) is 0. The monoisotopic (exact) mass is 282 g/mol. The number of benzene rings is 1. The Labute approximate surface area is 108 Å². The van der Waals surface area contributed by atoms with E-state index in [0.717, 1.165) is 11.1 Å². The Kier molecular flexibility index (Phi) is 3.09. The smallest absolute Gasteiger partial charge is 0.169 e. The first-order chi connectivity index (χ1) is 7.01. The molecule has 0 atom stereocenters. The molecule has 0 saturated carbocycles. The molecule has 1 nitrogen and oxygen atoms in total. The second kappa shape index (κ2) is 4.06. The topological polar surface area (TPSA) is 9.23 Å². The van der Waals surface area contributed by atoms with Crippen molar-refractivity contribution in [2.45, 2.75) is 4.33 Å². The summed E-state index contributed by atoms with van der Waals surface area (Å²) in [6.07, 6.45) is 1.56. The largest absolute Gasteiger partial charge is 0.489 e. The minimum absolute atomic E-state index is 0.186. The fraction of sp³-hybridized carbons (Fsp3) is 0.200. The van der Waals surface area contributed by atoms with Crippen LogP contribution in [0.15, 0.2) is 28.8 Å². The van der Waals surface area contributed by atoms with Gasteiger partial charge in [0.15, 0.2) is 4.33 Å². The predicted octanol–water partition coefficient (Wildman–Crippen LogP) is 4.38. The van der Waals surface area contributed by atoms with Crippen molar-refractivity contribution in [1.82, 2.24) is 0 Å². The number of alkyl halides is 2. The average Bonchev–Trinajstić information content (AvgIpc) is 2.69. The highest BCUT2D eigenvalue weighted by Crippen LogP contribution is 2.57. The number of halogens is 4. The van der Waals surface area contributed by atoms with Gasteiger partial charge in [0.25, 0.3) is 0 Å². The molecule has 0 amide bonds. The van der Waals surface area contributed by atoms with E-state index in [1.54, 1.807) is 12.1 Å². The maximum absolute atomic E-state index is 5.95. The minimum atomic E-state index is -0.818. The van der Waals surface area contributed by atoms with Crippen LogP contribution in [0.4, 0.5) is 0 Å². The van der Waals surface area contributed by atoms with Gasteiger partial charge in [0.2, 0.25) is 0 Å². The molecule has 0 aliphatic heterocycles. The van der Waals surface area contributed by atoms with E-state index in [9.17, 15) is 0 Å². The molecule has 0 bridgehead atoms. The van der Waals surface area contributed by atoms with E-state index in [1.165, 1.54) is 0 Å². The Hall–Kier alpha value is -0.0800. The van der Waals surface area contributed by atoms with E-state index < -0.39 is 4.33 Å². The summed E-state index contributed by atoms with van der Waals surface area (Å²) in [5.74, 6) is 0.697. The van der Waals surface area contributed by atoms with E-state index in [2.05, 4.69) is 0 Å². The van der Waals surface area contributed by atoms with Crippen LogP contribution in [-0.4, -0.2) is 6.61 Å². The Morgan fingerprint density at radius 2 is 2.00 bits per heavy atom. The van der Waals surface area contributed by atoms with Gasteiger partial charge in [-0.05, 0) is 23.8 Å². The molecule has 1 aliphatic carbocycles. The molecule has 0 aromatic heterocycles. The molecular weight excluding hydrogens is 278 g/mol. The molecule has 0 unspecified atom stereocenters. The zero-order chi connectivity index (χ0) is 11.1. The zero-order valence-corrected chi connectivity index (χ0v) is 10.5. The van der Waals surface area contributed by atoms with Gasteiger partial charge < -0.3 is 4.74 Å². The van der Waals surface area contributed by atoms with Gasteiger partial charge in [-0.25, -0.2) is 0 Å². The fourth-order valence-corrected chi connectivity index (χ4v) is 1.95. The van der Waals surface area contributed by atoms with Crippen LogP contribution >= 0.6 is 46.4 Å². The molecule has 0 saturated heterocycles.